The topological polar surface area (TPSA) is 118 Å². The standard InChI is InChI=1S/C8H14O6S/c9-2-4(11)7-6(12)3(10)1-5(15-7)8(13)14/h3-7,9-12H,1-2H2,(H,13,14). The van der Waals surface area contributed by atoms with Gasteiger partial charge in [-0.05, 0) is 6.42 Å². The Morgan fingerprint density at radius 3 is 2.53 bits per heavy atom. The molecule has 1 fully saturated rings. The van der Waals surface area contributed by atoms with Crippen molar-refractivity contribution >= 4 is 17.7 Å². The monoisotopic (exact) mass is 238 g/mol. The molecule has 0 aliphatic carbocycles. The third-order valence-electron chi connectivity index (χ3n) is 2.35. The second kappa shape index (κ2) is 5.13. The number of thioether (sulfide) groups is 1. The lowest BCUT2D eigenvalue weighted by Crippen LogP contribution is -2.50. The predicted octanol–water partition coefficient (Wildman–Crippen LogP) is -1.98. The Balaban J connectivity index is 2.72. The maximum absolute atomic E-state index is 10.7. The average molecular weight is 238 g/mol. The van der Waals surface area contributed by atoms with Crippen molar-refractivity contribution in [3.05, 3.63) is 0 Å². The fourth-order valence-corrected chi connectivity index (χ4v) is 2.90. The SMILES string of the molecule is O=C(O)C1CC(O)C(O)C(C(O)CO)S1. The van der Waals surface area contributed by atoms with Crippen molar-refractivity contribution in [2.75, 3.05) is 6.61 Å². The Morgan fingerprint density at radius 1 is 1.47 bits per heavy atom. The fourth-order valence-electron chi connectivity index (χ4n) is 1.48. The highest BCUT2D eigenvalue weighted by Crippen LogP contribution is 2.34. The van der Waals surface area contributed by atoms with Crippen LogP contribution in [0.25, 0.3) is 0 Å². The highest BCUT2D eigenvalue weighted by molar-refractivity contribution is 8.01. The van der Waals surface area contributed by atoms with Gasteiger partial charge >= 0.3 is 5.97 Å². The highest BCUT2D eigenvalue weighted by atomic mass is 32.2. The Kier molecular flexibility index (Phi) is 4.35. The van der Waals surface area contributed by atoms with Crippen LogP contribution in [0.5, 0.6) is 0 Å². The van der Waals surface area contributed by atoms with Crippen LogP contribution in [-0.4, -0.2) is 66.9 Å². The quantitative estimate of drug-likeness (QED) is 0.386. The van der Waals surface area contributed by atoms with Gasteiger partial charge in [-0.3, -0.25) is 4.79 Å². The summed E-state index contributed by atoms with van der Waals surface area (Å²) >= 11 is 0.865. The lowest BCUT2D eigenvalue weighted by atomic mass is 10.0. The summed E-state index contributed by atoms with van der Waals surface area (Å²) in [6, 6.07) is 0. The van der Waals surface area contributed by atoms with E-state index < -0.39 is 41.4 Å². The van der Waals surface area contributed by atoms with Gasteiger partial charge in [0, 0.05) is 0 Å². The van der Waals surface area contributed by atoms with Crippen LogP contribution >= 0.6 is 11.8 Å². The summed E-state index contributed by atoms with van der Waals surface area (Å²) in [4.78, 5) is 10.7. The molecule has 0 spiro atoms. The average Bonchev–Trinajstić information content (AvgIpc) is 2.20. The first kappa shape index (κ1) is 12.7. The molecule has 5 unspecified atom stereocenters. The summed E-state index contributed by atoms with van der Waals surface area (Å²) in [5, 5.41) is 44.0. The van der Waals surface area contributed by atoms with E-state index in [1.54, 1.807) is 0 Å². The molecule has 15 heavy (non-hydrogen) atoms. The Labute approximate surface area is 90.5 Å². The van der Waals surface area contributed by atoms with Gasteiger partial charge in [0.25, 0.3) is 0 Å². The van der Waals surface area contributed by atoms with Gasteiger partial charge in [-0.25, -0.2) is 0 Å². The number of aliphatic hydroxyl groups excluding tert-OH is 4. The summed E-state index contributed by atoms with van der Waals surface area (Å²) in [7, 11) is 0. The van der Waals surface area contributed by atoms with E-state index in [4.69, 9.17) is 10.2 Å². The largest absolute Gasteiger partial charge is 0.480 e. The lowest BCUT2D eigenvalue weighted by molar-refractivity contribution is -0.137. The fraction of sp³-hybridized carbons (Fsp3) is 0.875. The second-order valence-corrected chi connectivity index (χ2v) is 4.86. The van der Waals surface area contributed by atoms with E-state index in [1.807, 2.05) is 0 Å². The van der Waals surface area contributed by atoms with Gasteiger partial charge in [0.15, 0.2) is 0 Å². The molecule has 0 radical (unpaired) electrons. The van der Waals surface area contributed by atoms with Crippen molar-refractivity contribution < 1.29 is 30.3 Å². The van der Waals surface area contributed by atoms with Gasteiger partial charge in [0.2, 0.25) is 0 Å². The molecule has 1 aliphatic heterocycles. The van der Waals surface area contributed by atoms with E-state index in [-0.39, 0.29) is 6.42 Å². The van der Waals surface area contributed by atoms with Crippen LogP contribution in [0.15, 0.2) is 0 Å². The molecule has 1 heterocycles. The van der Waals surface area contributed by atoms with Crippen molar-refractivity contribution in [1.82, 2.24) is 0 Å². The number of aliphatic hydroxyl groups is 4. The number of carboxylic acid groups (broad SMARTS) is 1. The maximum Gasteiger partial charge on any atom is 0.316 e. The van der Waals surface area contributed by atoms with Crippen LogP contribution in [0.1, 0.15) is 6.42 Å². The number of carbonyl (C=O) groups is 1. The first-order valence-corrected chi connectivity index (χ1v) is 5.45. The molecular formula is C8H14O6S. The molecule has 1 saturated heterocycles. The Bertz CT molecular complexity index is 235. The minimum atomic E-state index is -1.23. The number of hydrogen-bond donors (Lipinski definition) is 5. The van der Waals surface area contributed by atoms with Crippen LogP contribution in [0, 0.1) is 0 Å². The molecule has 1 rings (SSSR count). The van der Waals surface area contributed by atoms with Crippen LogP contribution in [0.3, 0.4) is 0 Å². The first-order chi connectivity index (χ1) is 6.97. The van der Waals surface area contributed by atoms with Crippen molar-refractivity contribution in [2.24, 2.45) is 0 Å². The van der Waals surface area contributed by atoms with Gasteiger partial charge < -0.3 is 25.5 Å². The summed E-state index contributed by atoms with van der Waals surface area (Å²) in [6.45, 7) is -0.576. The zero-order chi connectivity index (χ0) is 11.6. The van der Waals surface area contributed by atoms with E-state index in [9.17, 15) is 20.1 Å². The minimum Gasteiger partial charge on any atom is -0.480 e. The summed E-state index contributed by atoms with van der Waals surface area (Å²) < 4.78 is 0. The summed E-state index contributed by atoms with van der Waals surface area (Å²) in [5.74, 6) is -1.10. The molecule has 0 aromatic heterocycles. The molecule has 0 aromatic carbocycles. The van der Waals surface area contributed by atoms with E-state index in [0.29, 0.717) is 0 Å². The molecule has 7 heteroatoms. The molecule has 1 aliphatic rings. The molecule has 0 amide bonds. The summed E-state index contributed by atoms with van der Waals surface area (Å²) in [5.41, 5.74) is 0. The zero-order valence-electron chi connectivity index (χ0n) is 7.85. The van der Waals surface area contributed by atoms with E-state index in [0.717, 1.165) is 11.8 Å². The second-order valence-electron chi connectivity index (χ2n) is 3.47. The lowest BCUT2D eigenvalue weighted by Gasteiger charge is -2.36. The van der Waals surface area contributed by atoms with Gasteiger partial charge in [0.1, 0.15) is 5.25 Å². The third kappa shape index (κ3) is 2.82. The molecule has 0 aromatic rings. The van der Waals surface area contributed by atoms with E-state index in [2.05, 4.69) is 0 Å². The number of aliphatic carboxylic acids is 1. The van der Waals surface area contributed by atoms with Crippen molar-refractivity contribution in [1.29, 1.82) is 0 Å². The van der Waals surface area contributed by atoms with Crippen molar-refractivity contribution in [3.8, 4) is 0 Å². The zero-order valence-corrected chi connectivity index (χ0v) is 8.67. The van der Waals surface area contributed by atoms with Crippen molar-refractivity contribution in [3.63, 3.8) is 0 Å². The molecule has 0 bridgehead atoms. The smallest absolute Gasteiger partial charge is 0.316 e. The minimum absolute atomic E-state index is 0.0597. The van der Waals surface area contributed by atoms with E-state index in [1.165, 1.54) is 0 Å². The van der Waals surface area contributed by atoms with Crippen LogP contribution in [-0.2, 0) is 4.79 Å². The van der Waals surface area contributed by atoms with Gasteiger partial charge in [-0.2, -0.15) is 0 Å². The highest BCUT2D eigenvalue weighted by Gasteiger charge is 2.42. The van der Waals surface area contributed by atoms with Crippen LogP contribution in [0.2, 0.25) is 0 Å². The molecule has 6 nitrogen and oxygen atoms in total. The Morgan fingerprint density at radius 2 is 2.07 bits per heavy atom. The molecule has 5 N–H and O–H groups in total. The molecule has 0 saturated carbocycles. The number of hydrogen-bond acceptors (Lipinski definition) is 6. The van der Waals surface area contributed by atoms with E-state index >= 15 is 0 Å². The first-order valence-electron chi connectivity index (χ1n) is 4.50. The molecule has 5 atom stereocenters. The Hall–Kier alpha value is -0.340. The van der Waals surface area contributed by atoms with Gasteiger partial charge in [-0.1, -0.05) is 0 Å². The number of carboxylic acids is 1. The van der Waals surface area contributed by atoms with Gasteiger partial charge in [-0.15, -0.1) is 11.8 Å². The maximum atomic E-state index is 10.7. The molecule has 88 valence electrons. The van der Waals surface area contributed by atoms with Gasteiger partial charge in [0.05, 0.1) is 30.2 Å². The summed E-state index contributed by atoms with van der Waals surface area (Å²) in [6.07, 6.45) is -3.69. The molecular weight excluding hydrogens is 224 g/mol. The predicted molar refractivity (Wildman–Crippen MR) is 52.5 cm³/mol. The number of rotatable bonds is 3. The van der Waals surface area contributed by atoms with Crippen LogP contribution in [0.4, 0.5) is 0 Å². The normalized spacial score (nSPS) is 38.7. The van der Waals surface area contributed by atoms with Crippen LogP contribution < -0.4 is 0 Å². The third-order valence-corrected chi connectivity index (χ3v) is 3.98. The van der Waals surface area contributed by atoms with Crippen molar-refractivity contribution in [2.45, 2.75) is 35.2 Å².